The van der Waals surface area contributed by atoms with Gasteiger partial charge in [0.2, 0.25) is 5.91 Å². The summed E-state index contributed by atoms with van der Waals surface area (Å²) in [6.07, 6.45) is 2.17. The lowest BCUT2D eigenvalue weighted by molar-refractivity contribution is -0.463. The summed E-state index contributed by atoms with van der Waals surface area (Å²) in [7, 11) is 0. The number of carboxylic acid groups (broad SMARTS) is 1. The van der Waals surface area contributed by atoms with Crippen molar-refractivity contribution in [3.63, 3.8) is 0 Å². The number of aliphatic carboxylic acids is 1. The maximum absolute atomic E-state index is 12.8. The molecule has 0 spiro atoms. The summed E-state index contributed by atoms with van der Waals surface area (Å²) in [5.74, 6) is -2.13. The van der Waals surface area contributed by atoms with Gasteiger partial charge in [-0.2, -0.15) is 0 Å². The number of rotatable bonds is 17. The smallest absolute Gasteiger partial charge is 0.338 e. The van der Waals surface area contributed by atoms with Crippen LogP contribution >= 0.6 is 0 Å². The van der Waals surface area contributed by atoms with Gasteiger partial charge in [-0.05, 0) is 32.1 Å². The van der Waals surface area contributed by atoms with Gasteiger partial charge in [-0.1, -0.05) is 0 Å². The van der Waals surface area contributed by atoms with Crippen LogP contribution in [0.1, 0.15) is 38.5 Å². The number of guanidine groups is 3. The van der Waals surface area contributed by atoms with Crippen molar-refractivity contribution in [1.82, 2.24) is 10.6 Å². The standard InChI is InChI=1S/C18H38N12O4/c19-10(4-1-7-26-16(20)21)13(31)29-11(5-2-8-27-17(22)23)14(32)30-12(15(33)34)6-3-9-28-18(24)25/h10-12H,1-9,19H2,(H,29,31)(H,30,32)(H,33,34)(H4,20,21,26)(H4,22,23,27)(H4,24,25,28)/p+4. The lowest BCUT2D eigenvalue weighted by atomic mass is 10.1. The van der Waals surface area contributed by atoms with Gasteiger partial charge >= 0.3 is 23.8 Å². The van der Waals surface area contributed by atoms with Crippen LogP contribution in [0, 0.1) is 0 Å². The second-order valence-electron chi connectivity index (χ2n) is 7.73. The molecule has 0 aliphatic rings. The van der Waals surface area contributed by atoms with E-state index in [4.69, 9.17) is 34.4 Å². The molecule has 2 amide bonds. The molecule has 0 aliphatic carbocycles. The van der Waals surface area contributed by atoms with E-state index in [2.05, 4.69) is 31.3 Å². The number of nitrogens with one attached hydrogen (secondary N) is 5. The van der Waals surface area contributed by atoms with Crippen molar-refractivity contribution in [2.45, 2.75) is 56.7 Å². The molecule has 34 heavy (non-hydrogen) atoms. The fourth-order valence-corrected chi connectivity index (χ4v) is 2.88. The zero-order chi connectivity index (χ0) is 26.1. The lowest BCUT2D eigenvalue weighted by Crippen LogP contribution is -2.78. The Labute approximate surface area is 197 Å². The molecule has 0 heterocycles. The molecule has 0 aromatic heterocycles. The first-order valence-electron chi connectivity index (χ1n) is 11.0. The van der Waals surface area contributed by atoms with Crippen molar-refractivity contribution in [2.75, 3.05) is 19.6 Å². The van der Waals surface area contributed by atoms with Crippen molar-refractivity contribution < 1.29 is 40.2 Å². The quantitative estimate of drug-likeness (QED) is 0.0518. The molecule has 194 valence electrons. The van der Waals surface area contributed by atoms with Crippen LogP contribution in [0.15, 0.2) is 0 Å². The molecule has 0 saturated heterocycles. The molecular formula is C18H42N12O4+4. The summed E-state index contributed by atoms with van der Waals surface area (Å²) in [5.41, 5.74) is 35.8. The average molecular weight is 491 g/mol. The van der Waals surface area contributed by atoms with Crippen LogP contribution in [0.2, 0.25) is 0 Å². The van der Waals surface area contributed by atoms with Crippen LogP contribution in [0.5, 0.6) is 0 Å². The Bertz CT molecular complexity index is 743. The highest BCUT2D eigenvalue weighted by atomic mass is 16.4. The first kappa shape index (κ1) is 30.2. The Hall–Kier alpha value is -3.82. The molecule has 3 unspecified atom stereocenters. The third-order valence-electron chi connectivity index (χ3n) is 4.67. The molecule has 0 aromatic rings. The SMILES string of the molecule is NC(N)=[NH+]CCCC([NH3+])C(=O)NC(CCC[NH+]=C(N)N)C(=O)NC(CCC[NH+]=C(N)N)C(=O)O. The molecule has 16 heteroatoms. The van der Waals surface area contributed by atoms with E-state index in [0.717, 1.165) is 0 Å². The van der Waals surface area contributed by atoms with Gasteiger partial charge < -0.3 is 21.5 Å². The summed E-state index contributed by atoms with van der Waals surface area (Å²) >= 11 is 0. The first-order valence-corrected chi connectivity index (χ1v) is 11.0. The third kappa shape index (κ3) is 15.1. The van der Waals surface area contributed by atoms with Crippen LogP contribution in [0.3, 0.4) is 0 Å². The monoisotopic (exact) mass is 490 g/mol. The number of carboxylic acids is 1. The topological polar surface area (TPSA) is 321 Å². The maximum Gasteiger partial charge on any atom is 0.338 e. The number of hydrogen-bond acceptors (Lipinski definition) is 3. The van der Waals surface area contributed by atoms with Gasteiger partial charge in [0.25, 0.3) is 5.91 Å². The highest BCUT2D eigenvalue weighted by Gasteiger charge is 2.28. The van der Waals surface area contributed by atoms with Gasteiger partial charge in [0.15, 0.2) is 6.04 Å². The first-order chi connectivity index (χ1) is 15.9. The Morgan fingerprint density at radius 1 is 0.676 bits per heavy atom. The second kappa shape index (κ2) is 16.8. The molecule has 0 saturated carbocycles. The highest BCUT2D eigenvalue weighted by molar-refractivity contribution is 5.91. The minimum atomic E-state index is -1.20. The Balaban J connectivity index is 5.10. The number of quaternary nitrogens is 1. The number of carbonyl (C=O) groups excluding carboxylic acids is 2. The summed E-state index contributed by atoms with van der Waals surface area (Å²) in [6, 6.07) is -2.77. The van der Waals surface area contributed by atoms with Gasteiger partial charge in [0.1, 0.15) is 12.1 Å². The largest absolute Gasteiger partial charge is 0.480 e. The third-order valence-corrected chi connectivity index (χ3v) is 4.67. The molecule has 21 N–H and O–H groups in total. The Morgan fingerprint density at radius 3 is 1.47 bits per heavy atom. The molecular weight excluding hydrogens is 448 g/mol. The second-order valence-corrected chi connectivity index (χ2v) is 7.73. The molecule has 0 aliphatic heterocycles. The molecule has 3 atom stereocenters. The van der Waals surface area contributed by atoms with E-state index in [9.17, 15) is 19.5 Å². The zero-order valence-electron chi connectivity index (χ0n) is 19.4. The average Bonchev–Trinajstić information content (AvgIpc) is 2.74. The molecule has 0 fully saturated rings. The normalized spacial score (nSPS) is 13.0. The number of nitrogens with two attached hydrogens (primary N) is 6. The van der Waals surface area contributed by atoms with Crippen molar-refractivity contribution in [1.29, 1.82) is 0 Å². The molecule has 0 rings (SSSR count). The summed E-state index contributed by atoms with van der Waals surface area (Å²) in [4.78, 5) is 45.2. The molecule has 0 bridgehead atoms. The lowest BCUT2D eigenvalue weighted by Gasteiger charge is -2.22. The van der Waals surface area contributed by atoms with E-state index in [1.165, 1.54) is 0 Å². The van der Waals surface area contributed by atoms with Gasteiger partial charge in [0.05, 0.1) is 19.6 Å². The molecule has 0 aromatic carbocycles. The minimum Gasteiger partial charge on any atom is -0.480 e. The van der Waals surface area contributed by atoms with Crippen LogP contribution in [0.25, 0.3) is 0 Å². The summed E-state index contributed by atoms with van der Waals surface area (Å²) < 4.78 is 0. The van der Waals surface area contributed by atoms with E-state index in [0.29, 0.717) is 45.3 Å². The van der Waals surface area contributed by atoms with Crippen molar-refractivity contribution in [3.8, 4) is 0 Å². The number of hydrogen-bond donors (Lipinski definition) is 13. The minimum absolute atomic E-state index is 0.0193. The number of carbonyl (C=O) groups is 3. The van der Waals surface area contributed by atoms with E-state index in [1.54, 1.807) is 0 Å². The molecule has 0 radical (unpaired) electrons. The fraction of sp³-hybridized carbons (Fsp3) is 0.667. The van der Waals surface area contributed by atoms with Crippen molar-refractivity contribution in [3.05, 3.63) is 0 Å². The predicted molar refractivity (Wildman–Crippen MR) is 124 cm³/mol. The van der Waals surface area contributed by atoms with Crippen LogP contribution < -0.4 is 65.7 Å². The summed E-state index contributed by atoms with van der Waals surface area (Å²) in [6.45, 7) is 1.18. The molecule has 16 nitrogen and oxygen atoms in total. The van der Waals surface area contributed by atoms with Crippen molar-refractivity contribution >= 4 is 35.7 Å². The van der Waals surface area contributed by atoms with Gasteiger partial charge in [-0.3, -0.25) is 59.0 Å². The van der Waals surface area contributed by atoms with Gasteiger partial charge in [0, 0.05) is 6.42 Å². The fourth-order valence-electron chi connectivity index (χ4n) is 2.88. The summed E-state index contributed by atoms with van der Waals surface area (Å²) in [5, 5.41) is 14.6. The number of amides is 2. The van der Waals surface area contributed by atoms with E-state index >= 15 is 0 Å². The predicted octanol–water partition coefficient (Wildman–Crippen LogP) is -10.9. The Morgan fingerprint density at radius 2 is 1.06 bits per heavy atom. The van der Waals surface area contributed by atoms with E-state index < -0.39 is 35.9 Å². The zero-order valence-corrected chi connectivity index (χ0v) is 19.4. The maximum atomic E-state index is 12.8. The Kier molecular flexibility index (Phi) is 14.9. The highest BCUT2D eigenvalue weighted by Crippen LogP contribution is 2.02. The van der Waals surface area contributed by atoms with Crippen LogP contribution in [-0.4, -0.2) is 78.5 Å². The van der Waals surface area contributed by atoms with Gasteiger partial charge in [-0.15, -0.1) is 0 Å². The van der Waals surface area contributed by atoms with Crippen LogP contribution in [-0.2, 0) is 14.4 Å². The van der Waals surface area contributed by atoms with E-state index in [1.807, 2.05) is 0 Å². The van der Waals surface area contributed by atoms with Gasteiger partial charge in [-0.25, -0.2) is 4.79 Å². The van der Waals surface area contributed by atoms with Crippen molar-refractivity contribution in [2.24, 2.45) is 34.4 Å². The van der Waals surface area contributed by atoms with Crippen LogP contribution in [0.4, 0.5) is 0 Å². The van der Waals surface area contributed by atoms with E-state index in [-0.39, 0.29) is 30.7 Å².